The monoisotopic (exact) mass is 290 g/mol. The number of pyridine rings is 1. The number of halogens is 1. The number of aromatic nitrogens is 1. The fourth-order valence-corrected chi connectivity index (χ4v) is 2.05. The van der Waals surface area contributed by atoms with Gasteiger partial charge in [0, 0.05) is 12.7 Å². The van der Waals surface area contributed by atoms with Crippen molar-refractivity contribution in [1.82, 2.24) is 10.3 Å². The molecule has 0 fully saturated rings. The molecule has 0 unspecified atom stereocenters. The van der Waals surface area contributed by atoms with Crippen LogP contribution in [0.3, 0.4) is 0 Å². The second-order valence-corrected chi connectivity index (χ2v) is 5.08. The molecule has 0 aliphatic heterocycles. The van der Waals surface area contributed by atoms with Gasteiger partial charge in [0.05, 0.1) is 0 Å². The molecule has 1 N–H and O–H groups in total. The Hall–Kier alpha value is -1.58. The molecule has 2 rings (SSSR count). The highest BCUT2D eigenvalue weighted by Crippen LogP contribution is 2.29. The maximum Gasteiger partial charge on any atom is 0.238 e. The first-order chi connectivity index (χ1) is 9.70. The molecule has 0 aliphatic carbocycles. The summed E-state index contributed by atoms with van der Waals surface area (Å²) in [7, 11) is 0. The number of aryl methyl sites for hydroxylation is 1. The van der Waals surface area contributed by atoms with E-state index < -0.39 is 0 Å². The van der Waals surface area contributed by atoms with Crippen LogP contribution in [0.5, 0.6) is 11.6 Å². The first kappa shape index (κ1) is 14.8. The van der Waals surface area contributed by atoms with Crippen LogP contribution in [-0.4, -0.2) is 11.5 Å². The maximum atomic E-state index is 6.23. The Balaban J connectivity index is 2.08. The van der Waals surface area contributed by atoms with Gasteiger partial charge in [0.25, 0.3) is 0 Å². The molecule has 0 radical (unpaired) electrons. The van der Waals surface area contributed by atoms with E-state index in [0.29, 0.717) is 10.9 Å². The van der Waals surface area contributed by atoms with Crippen molar-refractivity contribution in [3.05, 3.63) is 52.7 Å². The molecule has 4 heteroatoms. The largest absolute Gasteiger partial charge is 0.437 e. The van der Waals surface area contributed by atoms with Gasteiger partial charge in [0.1, 0.15) is 10.8 Å². The van der Waals surface area contributed by atoms with Gasteiger partial charge in [-0.05, 0) is 43.1 Å². The topological polar surface area (TPSA) is 34.2 Å². The van der Waals surface area contributed by atoms with Crippen LogP contribution in [0.2, 0.25) is 5.02 Å². The molecule has 2 aromatic rings. The van der Waals surface area contributed by atoms with Gasteiger partial charge < -0.3 is 10.1 Å². The Morgan fingerprint density at radius 2 is 2.10 bits per heavy atom. The van der Waals surface area contributed by atoms with E-state index >= 15 is 0 Å². The van der Waals surface area contributed by atoms with Gasteiger partial charge in [-0.25, -0.2) is 4.98 Å². The van der Waals surface area contributed by atoms with Crippen molar-refractivity contribution in [2.45, 2.75) is 26.8 Å². The quantitative estimate of drug-likeness (QED) is 0.804. The zero-order valence-electron chi connectivity index (χ0n) is 11.8. The Labute approximate surface area is 124 Å². The lowest BCUT2D eigenvalue weighted by Gasteiger charge is -2.10. The average Bonchev–Trinajstić information content (AvgIpc) is 2.44. The predicted molar refractivity (Wildman–Crippen MR) is 82.5 cm³/mol. The summed E-state index contributed by atoms with van der Waals surface area (Å²) in [6.07, 6.45) is 2.90. The third kappa shape index (κ3) is 3.95. The summed E-state index contributed by atoms with van der Waals surface area (Å²) in [5.74, 6) is 1.22. The summed E-state index contributed by atoms with van der Waals surface area (Å²) in [5, 5.41) is 3.85. The highest BCUT2D eigenvalue weighted by atomic mass is 35.5. The Kier molecular flexibility index (Phi) is 5.39. The van der Waals surface area contributed by atoms with Crippen molar-refractivity contribution in [3.63, 3.8) is 0 Å². The van der Waals surface area contributed by atoms with Crippen molar-refractivity contribution in [2.75, 3.05) is 6.54 Å². The zero-order valence-corrected chi connectivity index (χ0v) is 12.6. The van der Waals surface area contributed by atoms with Gasteiger partial charge in [-0.3, -0.25) is 0 Å². The minimum atomic E-state index is 0.445. The molecule has 0 spiro atoms. The summed E-state index contributed by atoms with van der Waals surface area (Å²) in [4.78, 5) is 4.30. The van der Waals surface area contributed by atoms with E-state index in [4.69, 9.17) is 16.3 Å². The molecule has 106 valence electrons. The number of rotatable bonds is 6. The van der Waals surface area contributed by atoms with Gasteiger partial charge in [0.2, 0.25) is 5.88 Å². The van der Waals surface area contributed by atoms with E-state index in [1.54, 1.807) is 6.20 Å². The van der Waals surface area contributed by atoms with Crippen LogP contribution in [0, 0.1) is 6.92 Å². The normalized spacial score (nSPS) is 10.6. The second kappa shape index (κ2) is 7.27. The summed E-state index contributed by atoms with van der Waals surface area (Å²) in [6, 6.07) is 9.69. The summed E-state index contributed by atoms with van der Waals surface area (Å²) >= 11 is 6.23. The minimum Gasteiger partial charge on any atom is -0.437 e. The summed E-state index contributed by atoms with van der Waals surface area (Å²) in [6.45, 7) is 5.88. The first-order valence-electron chi connectivity index (χ1n) is 6.79. The fraction of sp³-hybridized carbons (Fsp3) is 0.312. The van der Waals surface area contributed by atoms with Gasteiger partial charge in [-0.2, -0.15) is 0 Å². The molecule has 1 heterocycles. The van der Waals surface area contributed by atoms with E-state index in [1.165, 1.54) is 0 Å². The van der Waals surface area contributed by atoms with Gasteiger partial charge in [-0.15, -0.1) is 0 Å². The van der Waals surface area contributed by atoms with Gasteiger partial charge in [0.15, 0.2) is 0 Å². The predicted octanol–water partition coefficient (Wildman–Crippen LogP) is 4.34. The molecular weight excluding hydrogens is 272 g/mol. The number of hydrogen-bond donors (Lipinski definition) is 1. The highest BCUT2D eigenvalue weighted by Gasteiger charge is 2.07. The summed E-state index contributed by atoms with van der Waals surface area (Å²) in [5.41, 5.74) is 2.11. The highest BCUT2D eigenvalue weighted by molar-refractivity contribution is 6.31. The molecule has 1 aromatic heterocycles. The van der Waals surface area contributed by atoms with E-state index in [9.17, 15) is 0 Å². The van der Waals surface area contributed by atoms with Crippen molar-refractivity contribution >= 4 is 11.6 Å². The number of hydrogen-bond acceptors (Lipinski definition) is 3. The lowest BCUT2D eigenvalue weighted by molar-refractivity contribution is 0.459. The molecule has 1 aromatic carbocycles. The lowest BCUT2D eigenvalue weighted by atomic mass is 10.2. The molecule has 3 nitrogen and oxygen atoms in total. The smallest absolute Gasteiger partial charge is 0.238 e. The molecule has 0 aliphatic rings. The lowest BCUT2D eigenvalue weighted by Crippen LogP contribution is -2.13. The van der Waals surface area contributed by atoms with Crippen LogP contribution in [0.15, 0.2) is 36.5 Å². The van der Waals surface area contributed by atoms with Gasteiger partial charge in [-0.1, -0.05) is 36.7 Å². The van der Waals surface area contributed by atoms with Crippen LogP contribution < -0.4 is 10.1 Å². The number of nitrogens with one attached hydrogen (secondary N) is 1. The van der Waals surface area contributed by atoms with Crippen molar-refractivity contribution in [2.24, 2.45) is 0 Å². The Morgan fingerprint density at radius 3 is 2.80 bits per heavy atom. The molecular formula is C16H19ClN2O. The van der Waals surface area contributed by atoms with Crippen molar-refractivity contribution in [3.8, 4) is 11.6 Å². The molecule has 0 bridgehead atoms. The van der Waals surface area contributed by atoms with E-state index in [-0.39, 0.29) is 0 Å². The third-order valence-corrected chi connectivity index (χ3v) is 3.19. The standard InChI is InChI=1S/C16H19ClN2O/c1-3-8-18-10-13-9-14(17)16(19-11-13)20-15-7-5-4-6-12(15)2/h4-7,9,11,18H,3,8,10H2,1-2H3. The van der Waals surface area contributed by atoms with Crippen LogP contribution in [0.4, 0.5) is 0 Å². The molecule has 20 heavy (non-hydrogen) atoms. The van der Waals surface area contributed by atoms with Crippen LogP contribution in [-0.2, 0) is 6.54 Å². The average molecular weight is 291 g/mol. The Bertz CT molecular complexity index is 572. The number of benzene rings is 1. The second-order valence-electron chi connectivity index (χ2n) is 4.67. The fourth-order valence-electron chi connectivity index (χ4n) is 1.82. The van der Waals surface area contributed by atoms with Crippen molar-refractivity contribution in [1.29, 1.82) is 0 Å². The Morgan fingerprint density at radius 1 is 1.30 bits per heavy atom. The maximum absolute atomic E-state index is 6.23. The van der Waals surface area contributed by atoms with E-state index in [1.807, 2.05) is 37.3 Å². The number of para-hydroxylation sites is 1. The van der Waals surface area contributed by atoms with Crippen molar-refractivity contribution < 1.29 is 4.74 Å². The van der Waals surface area contributed by atoms with Crippen LogP contribution in [0.25, 0.3) is 0 Å². The summed E-state index contributed by atoms with van der Waals surface area (Å²) < 4.78 is 5.76. The van der Waals surface area contributed by atoms with E-state index in [0.717, 1.165) is 36.4 Å². The van der Waals surface area contributed by atoms with Gasteiger partial charge >= 0.3 is 0 Å². The van der Waals surface area contributed by atoms with Crippen LogP contribution in [0.1, 0.15) is 24.5 Å². The van der Waals surface area contributed by atoms with E-state index in [2.05, 4.69) is 17.2 Å². The minimum absolute atomic E-state index is 0.445. The zero-order chi connectivity index (χ0) is 14.4. The number of ether oxygens (including phenoxy) is 1. The third-order valence-electron chi connectivity index (χ3n) is 2.92. The first-order valence-corrected chi connectivity index (χ1v) is 7.17. The number of nitrogens with zero attached hydrogens (tertiary/aromatic N) is 1. The molecule has 0 atom stereocenters. The SMILES string of the molecule is CCCNCc1cnc(Oc2ccccc2C)c(Cl)c1. The van der Waals surface area contributed by atoms with Crippen LogP contribution >= 0.6 is 11.6 Å². The molecule has 0 saturated heterocycles. The molecule has 0 saturated carbocycles. The molecule has 0 amide bonds.